The van der Waals surface area contributed by atoms with Crippen molar-refractivity contribution in [2.45, 2.75) is 19.8 Å². The van der Waals surface area contributed by atoms with Gasteiger partial charge in [0.15, 0.2) is 0 Å². The molecule has 0 unspecified atom stereocenters. The molecule has 1 aromatic heterocycles. The first kappa shape index (κ1) is 13.1. The molecule has 1 N–H and O–H groups in total. The summed E-state index contributed by atoms with van der Waals surface area (Å²) in [6.07, 6.45) is 2.34. The fraction of sp³-hybridized carbons (Fsp3) is 0.357. The Morgan fingerprint density at radius 3 is 2.45 bits per heavy atom. The van der Waals surface area contributed by atoms with Gasteiger partial charge in [-0.1, -0.05) is 17.7 Å². The zero-order valence-corrected chi connectivity index (χ0v) is 12.1. The fourth-order valence-electron chi connectivity index (χ4n) is 2.22. The molecule has 20 heavy (non-hydrogen) atoms. The van der Waals surface area contributed by atoms with E-state index in [9.17, 15) is 0 Å². The van der Waals surface area contributed by atoms with Gasteiger partial charge in [-0.05, 0) is 43.5 Å². The Bertz CT molecular complexity index is 593. The molecule has 0 bridgehead atoms. The predicted molar refractivity (Wildman–Crippen MR) is 80.7 cm³/mol. The monoisotopic (exact) mass is 289 g/mol. The van der Waals surface area contributed by atoms with E-state index in [2.05, 4.69) is 32.1 Å². The SMILES string of the molecule is Cc1ccc(Nc2nc(Cl)nc(N3CCCC3)n2)cc1. The van der Waals surface area contributed by atoms with Gasteiger partial charge in [0.25, 0.3) is 0 Å². The molecule has 2 heterocycles. The van der Waals surface area contributed by atoms with E-state index < -0.39 is 0 Å². The predicted octanol–water partition coefficient (Wildman–Crippen LogP) is 3.18. The minimum atomic E-state index is 0.219. The summed E-state index contributed by atoms with van der Waals surface area (Å²) in [6, 6.07) is 8.05. The Kier molecular flexibility index (Phi) is 3.69. The van der Waals surface area contributed by atoms with Crippen LogP contribution in [0.15, 0.2) is 24.3 Å². The van der Waals surface area contributed by atoms with Crippen LogP contribution in [-0.4, -0.2) is 28.0 Å². The van der Waals surface area contributed by atoms with Gasteiger partial charge in [-0.2, -0.15) is 15.0 Å². The quantitative estimate of drug-likeness (QED) is 0.940. The molecule has 5 nitrogen and oxygen atoms in total. The van der Waals surface area contributed by atoms with Crippen molar-refractivity contribution < 1.29 is 0 Å². The standard InChI is InChI=1S/C14H16ClN5/c1-10-4-6-11(7-5-10)16-13-17-12(15)18-14(19-13)20-8-2-3-9-20/h4-7H,2-3,8-9H2,1H3,(H,16,17,18,19). The Morgan fingerprint density at radius 2 is 1.75 bits per heavy atom. The molecule has 3 rings (SSSR count). The Balaban J connectivity index is 1.83. The summed E-state index contributed by atoms with van der Waals surface area (Å²) in [6.45, 7) is 4.00. The number of hydrogen-bond acceptors (Lipinski definition) is 5. The molecule has 0 spiro atoms. The number of nitrogens with zero attached hydrogens (tertiary/aromatic N) is 4. The van der Waals surface area contributed by atoms with E-state index in [1.165, 1.54) is 18.4 Å². The van der Waals surface area contributed by atoms with E-state index in [1.807, 2.05) is 24.3 Å². The Hall–Kier alpha value is -1.88. The highest BCUT2D eigenvalue weighted by Gasteiger charge is 2.16. The molecule has 0 atom stereocenters. The number of aryl methyl sites for hydroxylation is 1. The molecule has 1 aliphatic heterocycles. The second-order valence-electron chi connectivity index (χ2n) is 4.91. The van der Waals surface area contributed by atoms with Gasteiger partial charge in [0.05, 0.1) is 0 Å². The summed E-state index contributed by atoms with van der Waals surface area (Å²) in [5.74, 6) is 1.13. The van der Waals surface area contributed by atoms with Gasteiger partial charge in [-0.3, -0.25) is 0 Å². The van der Waals surface area contributed by atoms with Gasteiger partial charge in [0, 0.05) is 18.8 Å². The van der Waals surface area contributed by atoms with Gasteiger partial charge < -0.3 is 10.2 Å². The van der Waals surface area contributed by atoms with Crippen molar-refractivity contribution in [2.24, 2.45) is 0 Å². The maximum atomic E-state index is 5.99. The van der Waals surface area contributed by atoms with Crippen LogP contribution in [0.2, 0.25) is 5.28 Å². The van der Waals surface area contributed by atoms with Gasteiger partial charge in [-0.15, -0.1) is 0 Å². The molecular weight excluding hydrogens is 274 g/mol. The molecule has 104 valence electrons. The summed E-state index contributed by atoms with van der Waals surface area (Å²) in [5.41, 5.74) is 2.15. The first-order chi connectivity index (χ1) is 9.70. The Morgan fingerprint density at radius 1 is 1.05 bits per heavy atom. The molecule has 1 aromatic carbocycles. The molecule has 0 saturated carbocycles. The third kappa shape index (κ3) is 2.99. The molecule has 0 amide bonds. The molecular formula is C14H16ClN5. The van der Waals surface area contributed by atoms with Crippen molar-refractivity contribution in [1.29, 1.82) is 0 Å². The van der Waals surface area contributed by atoms with Gasteiger partial charge >= 0.3 is 0 Å². The lowest BCUT2D eigenvalue weighted by molar-refractivity contribution is 0.883. The van der Waals surface area contributed by atoms with Crippen molar-refractivity contribution in [1.82, 2.24) is 15.0 Å². The van der Waals surface area contributed by atoms with Crippen LogP contribution >= 0.6 is 11.6 Å². The molecule has 2 aromatic rings. The van der Waals surface area contributed by atoms with Crippen LogP contribution in [-0.2, 0) is 0 Å². The highest BCUT2D eigenvalue weighted by molar-refractivity contribution is 6.28. The molecule has 6 heteroatoms. The maximum Gasteiger partial charge on any atom is 0.233 e. The first-order valence-corrected chi connectivity index (χ1v) is 7.09. The van der Waals surface area contributed by atoms with Crippen LogP contribution < -0.4 is 10.2 Å². The van der Waals surface area contributed by atoms with Crippen LogP contribution in [0.25, 0.3) is 0 Å². The number of anilines is 3. The minimum absolute atomic E-state index is 0.219. The molecule has 0 aliphatic carbocycles. The zero-order chi connectivity index (χ0) is 13.9. The van der Waals surface area contributed by atoms with Crippen molar-refractivity contribution in [3.63, 3.8) is 0 Å². The largest absolute Gasteiger partial charge is 0.341 e. The van der Waals surface area contributed by atoms with Crippen LogP contribution in [0.5, 0.6) is 0 Å². The summed E-state index contributed by atoms with van der Waals surface area (Å²) >= 11 is 5.99. The average Bonchev–Trinajstić information content (AvgIpc) is 2.95. The van der Waals surface area contributed by atoms with Crippen molar-refractivity contribution in [3.8, 4) is 0 Å². The van der Waals surface area contributed by atoms with E-state index in [0.29, 0.717) is 11.9 Å². The van der Waals surface area contributed by atoms with Gasteiger partial charge in [-0.25, -0.2) is 0 Å². The van der Waals surface area contributed by atoms with E-state index in [0.717, 1.165) is 18.8 Å². The highest BCUT2D eigenvalue weighted by Crippen LogP contribution is 2.20. The number of halogens is 1. The lowest BCUT2D eigenvalue weighted by atomic mass is 10.2. The molecule has 0 radical (unpaired) electrons. The van der Waals surface area contributed by atoms with Crippen LogP contribution in [0.3, 0.4) is 0 Å². The van der Waals surface area contributed by atoms with Crippen LogP contribution in [0, 0.1) is 6.92 Å². The highest BCUT2D eigenvalue weighted by atomic mass is 35.5. The number of rotatable bonds is 3. The van der Waals surface area contributed by atoms with E-state index >= 15 is 0 Å². The fourth-order valence-corrected chi connectivity index (χ4v) is 2.38. The summed E-state index contributed by atoms with van der Waals surface area (Å²) in [7, 11) is 0. The smallest absolute Gasteiger partial charge is 0.233 e. The van der Waals surface area contributed by atoms with Crippen molar-refractivity contribution in [2.75, 3.05) is 23.3 Å². The van der Waals surface area contributed by atoms with Crippen LogP contribution in [0.4, 0.5) is 17.6 Å². The normalized spacial score (nSPS) is 14.6. The maximum absolute atomic E-state index is 5.99. The van der Waals surface area contributed by atoms with Gasteiger partial charge in [0.2, 0.25) is 17.2 Å². The second kappa shape index (κ2) is 5.63. The lowest BCUT2D eigenvalue weighted by Gasteiger charge is -2.15. The zero-order valence-electron chi connectivity index (χ0n) is 11.3. The summed E-state index contributed by atoms with van der Waals surface area (Å²) in [4.78, 5) is 14.9. The summed E-state index contributed by atoms with van der Waals surface area (Å²) in [5, 5.41) is 3.38. The summed E-state index contributed by atoms with van der Waals surface area (Å²) < 4.78 is 0. The van der Waals surface area contributed by atoms with E-state index in [-0.39, 0.29) is 5.28 Å². The third-order valence-electron chi connectivity index (χ3n) is 3.29. The van der Waals surface area contributed by atoms with Crippen molar-refractivity contribution in [3.05, 3.63) is 35.1 Å². The molecule has 1 fully saturated rings. The third-order valence-corrected chi connectivity index (χ3v) is 3.46. The van der Waals surface area contributed by atoms with Gasteiger partial charge in [0.1, 0.15) is 0 Å². The molecule has 1 saturated heterocycles. The number of hydrogen-bond donors (Lipinski definition) is 1. The average molecular weight is 290 g/mol. The molecule has 1 aliphatic rings. The topological polar surface area (TPSA) is 53.9 Å². The number of benzene rings is 1. The number of nitrogens with one attached hydrogen (secondary N) is 1. The number of aromatic nitrogens is 3. The minimum Gasteiger partial charge on any atom is -0.341 e. The van der Waals surface area contributed by atoms with Crippen molar-refractivity contribution >= 4 is 29.2 Å². The second-order valence-corrected chi connectivity index (χ2v) is 5.25. The lowest BCUT2D eigenvalue weighted by Crippen LogP contribution is -2.21. The van der Waals surface area contributed by atoms with E-state index in [4.69, 9.17) is 11.6 Å². The van der Waals surface area contributed by atoms with E-state index in [1.54, 1.807) is 0 Å². The Labute approximate surface area is 123 Å². The first-order valence-electron chi connectivity index (χ1n) is 6.71. The van der Waals surface area contributed by atoms with Crippen LogP contribution in [0.1, 0.15) is 18.4 Å².